The van der Waals surface area contributed by atoms with Crippen LogP contribution >= 0.6 is 0 Å². The van der Waals surface area contributed by atoms with Crippen molar-refractivity contribution in [2.45, 2.75) is 26.2 Å². The van der Waals surface area contributed by atoms with E-state index in [1.807, 2.05) is 0 Å². The average Bonchev–Trinajstić information content (AvgIpc) is 2.45. The number of nitrogens with two attached hydrogens (primary N) is 1. The molecule has 0 radical (unpaired) electrons. The summed E-state index contributed by atoms with van der Waals surface area (Å²) >= 11 is 0. The molecule has 1 saturated heterocycles. The molecule has 2 N–H and O–H groups in total. The van der Waals surface area contributed by atoms with E-state index in [0.29, 0.717) is 0 Å². The second kappa shape index (κ2) is 6.91. The van der Waals surface area contributed by atoms with Gasteiger partial charge in [0, 0.05) is 13.1 Å². The van der Waals surface area contributed by atoms with Crippen LogP contribution < -0.4 is 5.73 Å². The van der Waals surface area contributed by atoms with Gasteiger partial charge in [-0.25, -0.2) is 0 Å². The van der Waals surface area contributed by atoms with Crippen LogP contribution in [-0.4, -0.2) is 31.1 Å². The fraction of sp³-hybridized carbons (Fsp3) is 0.625. The van der Waals surface area contributed by atoms with Crippen molar-refractivity contribution < 1.29 is 0 Å². The summed E-state index contributed by atoms with van der Waals surface area (Å²) in [4.78, 5) is 2.62. The Morgan fingerprint density at radius 1 is 1.22 bits per heavy atom. The molecule has 0 bridgehead atoms. The SMILES string of the molecule is CCC1CN(CCc2ccccc2)CCC1CN. The first-order chi connectivity index (χ1) is 8.83. The third-order valence-corrected chi connectivity index (χ3v) is 4.36. The number of piperidine rings is 1. The van der Waals surface area contributed by atoms with Crippen molar-refractivity contribution in [1.29, 1.82) is 0 Å². The zero-order valence-corrected chi connectivity index (χ0v) is 11.5. The van der Waals surface area contributed by atoms with E-state index in [1.165, 1.54) is 44.5 Å². The second-order valence-corrected chi connectivity index (χ2v) is 5.49. The highest BCUT2D eigenvalue weighted by Gasteiger charge is 2.26. The van der Waals surface area contributed by atoms with Crippen molar-refractivity contribution in [3.63, 3.8) is 0 Å². The van der Waals surface area contributed by atoms with Gasteiger partial charge in [-0.1, -0.05) is 43.7 Å². The van der Waals surface area contributed by atoms with Crippen LogP contribution in [0.3, 0.4) is 0 Å². The molecule has 2 nitrogen and oxygen atoms in total. The molecule has 2 heteroatoms. The maximum Gasteiger partial charge on any atom is 0.00219 e. The van der Waals surface area contributed by atoms with Gasteiger partial charge < -0.3 is 10.6 Å². The monoisotopic (exact) mass is 246 g/mol. The lowest BCUT2D eigenvalue weighted by molar-refractivity contribution is 0.121. The molecule has 2 rings (SSSR count). The third-order valence-electron chi connectivity index (χ3n) is 4.36. The molecule has 1 aliphatic rings. The number of nitrogens with zero attached hydrogens (tertiary/aromatic N) is 1. The number of hydrogen-bond acceptors (Lipinski definition) is 2. The molecule has 1 heterocycles. The molecule has 0 spiro atoms. The molecule has 0 amide bonds. The predicted molar refractivity (Wildman–Crippen MR) is 77.5 cm³/mol. The van der Waals surface area contributed by atoms with Gasteiger partial charge in [0.05, 0.1) is 0 Å². The van der Waals surface area contributed by atoms with Crippen molar-refractivity contribution in [1.82, 2.24) is 4.90 Å². The van der Waals surface area contributed by atoms with Gasteiger partial charge >= 0.3 is 0 Å². The van der Waals surface area contributed by atoms with E-state index in [-0.39, 0.29) is 0 Å². The molecule has 1 aromatic carbocycles. The van der Waals surface area contributed by atoms with Crippen molar-refractivity contribution in [2.24, 2.45) is 17.6 Å². The van der Waals surface area contributed by atoms with Gasteiger partial charge in [-0.15, -0.1) is 0 Å². The molecule has 1 aromatic rings. The van der Waals surface area contributed by atoms with E-state index in [1.54, 1.807) is 0 Å². The summed E-state index contributed by atoms with van der Waals surface area (Å²) in [6, 6.07) is 10.8. The van der Waals surface area contributed by atoms with Crippen molar-refractivity contribution in [3.8, 4) is 0 Å². The molecule has 0 aromatic heterocycles. The third kappa shape index (κ3) is 3.56. The Labute approximate surface area is 111 Å². The van der Waals surface area contributed by atoms with Crippen LogP contribution in [0.5, 0.6) is 0 Å². The summed E-state index contributed by atoms with van der Waals surface area (Å²) in [5.41, 5.74) is 7.31. The quantitative estimate of drug-likeness (QED) is 0.865. The van der Waals surface area contributed by atoms with E-state index in [0.717, 1.165) is 18.4 Å². The minimum absolute atomic E-state index is 0.753. The lowest BCUT2D eigenvalue weighted by atomic mass is 9.84. The van der Waals surface area contributed by atoms with Crippen LogP contribution in [0.15, 0.2) is 30.3 Å². The molecule has 1 fully saturated rings. The number of likely N-dealkylation sites (tertiary alicyclic amines) is 1. The first-order valence-electron chi connectivity index (χ1n) is 7.29. The Hall–Kier alpha value is -0.860. The number of benzene rings is 1. The Bertz CT molecular complexity index is 336. The Balaban J connectivity index is 1.81. The maximum atomic E-state index is 5.86. The first kappa shape index (κ1) is 13.6. The molecular weight excluding hydrogens is 220 g/mol. The topological polar surface area (TPSA) is 29.3 Å². The maximum absolute atomic E-state index is 5.86. The van der Waals surface area contributed by atoms with E-state index < -0.39 is 0 Å². The molecule has 0 aliphatic carbocycles. The molecule has 18 heavy (non-hydrogen) atoms. The second-order valence-electron chi connectivity index (χ2n) is 5.49. The van der Waals surface area contributed by atoms with Crippen LogP contribution in [0, 0.1) is 11.8 Å². The Morgan fingerprint density at radius 3 is 2.67 bits per heavy atom. The number of hydrogen-bond donors (Lipinski definition) is 1. The smallest absolute Gasteiger partial charge is 0.00219 e. The summed E-state index contributed by atoms with van der Waals surface area (Å²) < 4.78 is 0. The van der Waals surface area contributed by atoms with Gasteiger partial charge in [0.15, 0.2) is 0 Å². The summed E-state index contributed by atoms with van der Waals surface area (Å²) in [7, 11) is 0. The van der Waals surface area contributed by atoms with Gasteiger partial charge in [-0.3, -0.25) is 0 Å². The van der Waals surface area contributed by atoms with Crippen molar-refractivity contribution >= 4 is 0 Å². The fourth-order valence-electron chi connectivity index (χ4n) is 3.06. The van der Waals surface area contributed by atoms with Crippen LogP contribution in [0.1, 0.15) is 25.3 Å². The molecule has 0 saturated carbocycles. The normalized spacial score (nSPS) is 25.2. The highest BCUT2D eigenvalue weighted by atomic mass is 15.1. The summed E-state index contributed by atoms with van der Waals surface area (Å²) in [6.45, 7) is 6.83. The molecule has 2 atom stereocenters. The molecular formula is C16H26N2. The fourth-order valence-corrected chi connectivity index (χ4v) is 3.06. The highest BCUT2D eigenvalue weighted by molar-refractivity contribution is 5.14. The van der Waals surface area contributed by atoms with Crippen LogP contribution in [0.2, 0.25) is 0 Å². The number of rotatable bonds is 5. The van der Waals surface area contributed by atoms with Crippen LogP contribution in [-0.2, 0) is 6.42 Å². The van der Waals surface area contributed by atoms with E-state index in [9.17, 15) is 0 Å². The van der Waals surface area contributed by atoms with Crippen molar-refractivity contribution in [2.75, 3.05) is 26.2 Å². The van der Waals surface area contributed by atoms with Crippen molar-refractivity contribution in [3.05, 3.63) is 35.9 Å². The molecule has 1 aliphatic heterocycles. The minimum atomic E-state index is 0.753. The average molecular weight is 246 g/mol. The van der Waals surface area contributed by atoms with Gasteiger partial charge in [0.1, 0.15) is 0 Å². The molecule has 100 valence electrons. The van der Waals surface area contributed by atoms with Gasteiger partial charge in [0.25, 0.3) is 0 Å². The van der Waals surface area contributed by atoms with Gasteiger partial charge in [-0.2, -0.15) is 0 Å². The lowest BCUT2D eigenvalue weighted by Crippen LogP contribution is -2.43. The Morgan fingerprint density at radius 2 is 2.00 bits per heavy atom. The summed E-state index contributed by atoms with van der Waals surface area (Å²) in [5.74, 6) is 1.56. The summed E-state index contributed by atoms with van der Waals surface area (Å²) in [5, 5.41) is 0. The largest absolute Gasteiger partial charge is 0.330 e. The van der Waals surface area contributed by atoms with Crippen LogP contribution in [0.4, 0.5) is 0 Å². The minimum Gasteiger partial charge on any atom is -0.330 e. The van der Waals surface area contributed by atoms with E-state index in [4.69, 9.17) is 5.73 Å². The Kier molecular flexibility index (Phi) is 5.21. The van der Waals surface area contributed by atoms with Gasteiger partial charge in [-0.05, 0) is 43.3 Å². The van der Waals surface area contributed by atoms with Gasteiger partial charge in [0.2, 0.25) is 0 Å². The van der Waals surface area contributed by atoms with Crippen LogP contribution in [0.25, 0.3) is 0 Å². The highest BCUT2D eigenvalue weighted by Crippen LogP contribution is 2.25. The molecule has 2 unspecified atom stereocenters. The lowest BCUT2D eigenvalue weighted by Gasteiger charge is -2.37. The standard InChI is InChI=1S/C16H26N2/c1-2-15-13-18(11-9-16(15)12-17)10-8-14-6-4-3-5-7-14/h3-7,15-16H,2,8-13,17H2,1H3. The van der Waals surface area contributed by atoms with E-state index >= 15 is 0 Å². The predicted octanol–water partition coefficient (Wildman–Crippen LogP) is 2.54. The zero-order valence-electron chi connectivity index (χ0n) is 11.5. The summed E-state index contributed by atoms with van der Waals surface area (Å²) in [6.07, 6.45) is 3.72. The first-order valence-corrected chi connectivity index (χ1v) is 7.29. The zero-order chi connectivity index (χ0) is 12.8. The van der Waals surface area contributed by atoms with E-state index in [2.05, 4.69) is 42.2 Å².